The number of rotatable bonds is 20. The largest absolute Gasteiger partial charge is 0.494 e. The molecule has 2 saturated heterocycles. The average molecular weight is 1010 g/mol. The van der Waals surface area contributed by atoms with Crippen LogP contribution in [0.15, 0.2) is 72.2 Å². The monoisotopic (exact) mass is 1010 g/mol. The van der Waals surface area contributed by atoms with Gasteiger partial charge < -0.3 is 39.8 Å². The first-order valence-electron chi connectivity index (χ1n) is 22.8. The van der Waals surface area contributed by atoms with Crippen LogP contribution in [0.1, 0.15) is 82.7 Å². The number of hydrogen-bond donors (Lipinski definition) is 3. The van der Waals surface area contributed by atoms with Crippen LogP contribution in [0, 0.1) is 23.7 Å². The number of carbonyl (C=O) groups excluding carboxylic acids is 4. The van der Waals surface area contributed by atoms with Crippen molar-refractivity contribution < 1.29 is 51.7 Å². The zero-order chi connectivity index (χ0) is 51.0. The molecule has 15 nitrogen and oxygen atoms in total. The van der Waals surface area contributed by atoms with Gasteiger partial charge in [-0.1, -0.05) is 45.0 Å². The number of hydrogen-bond acceptors (Lipinski definition) is 12. The molecule has 2 fully saturated rings. The first kappa shape index (κ1) is 53.4. The summed E-state index contributed by atoms with van der Waals surface area (Å²) in [7, 11) is 0. The van der Waals surface area contributed by atoms with Gasteiger partial charge in [-0.15, -0.1) is 11.3 Å². The molecule has 20 heteroatoms. The van der Waals surface area contributed by atoms with E-state index in [-0.39, 0.29) is 50.1 Å². The number of aryl methyl sites for hydroxylation is 1. The number of aliphatic hydroxyl groups is 1. The van der Waals surface area contributed by atoms with Crippen molar-refractivity contribution in [2.45, 2.75) is 104 Å². The minimum Gasteiger partial charge on any atom is -0.494 e. The molecular formula is C50H58F3N7O8S2. The smallest absolute Gasteiger partial charge is 0.417 e. The number of aromatic nitrogens is 1. The summed E-state index contributed by atoms with van der Waals surface area (Å²) in [4.78, 5) is 63.2. The molecule has 0 spiro atoms. The van der Waals surface area contributed by atoms with Crippen LogP contribution >= 0.6 is 23.6 Å². The summed E-state index contributed by atoms with van der Waals surface area (Å²) < 4.78 is 58.2. The number of anilines is 2. The van der Waals surface area contributed by atoms with Crippen molar-refractivity contribution in [3.63, 3.8) is 0 Å². The van der Waals surface area contributed by atoms with Gasteiger partial charge in [-0.25, -0.2) is 4.98 Å². The number of likely N-dealkylation sites (tertiary alicyclic amines) is 1. The molecule has 1 aromatic heterocycles. The van der Waals surface area contributed by atoms with Gasteiger partial charge in [-0.3, -0.25) is 24.1 Å². The molecule has 0 saturated carbocycles. The first-order chi connectivity index (χ1) is 33.1. The summed E-state index contributed by atoms with van der Waals surface area (Å²) in [6.07, 6.45) is -3.33. The number of halogens is 3. The third kappa shape index (κ3) is 12.9. The molecule has 0 bridgehead atoms. The lowest BCUT2D eigenvalue weighted by Gasteiger charge is -2.35. The van der Waals surface area contributed by atoms with Gasteiger partial charge in [0.15, 0.2) is 5.11 Å². The Bertz CT molecular complexity index is 2560. The summed E-state index contributed by atoms with van der Waals surface area (Å²) in [5, 5.41) is 25.4. The maximum atomic E-state index is 13.9. The van der Waals surface area contributed by atoms with E-state index in [1.807, 2.05) is 52.0 Å². The molecule has 3 heterocycles. The van der Waals surface area contributed by atoms with Gasteiger partial charge >= 0.3 is 6.18 Å². The number of benzene rings is 3. The summed E-state index contributed by atoms with van der Waals surface area (Å²) in [6, 6.07) is 17.4. The molecule has 374 valence electrons. The highest BCUT2D eigenvalue weighted by Gasteiger charge is 2.51. The molecule has 3 aromatic carbocycles. The van der Waals surface area contributed by atoms with E-state index in [2.05, 4.69) is 15.6 Å². The van der Waals surface area contributed by atoms with Crippen LogP contribution in [0.3, 0.4) is 0 Å². The molecule has 2 aliphatic rings. The summed E-state index contributed by atoms with van der Waals surface area (Å²) in [5.74, 6) is -1.31. The summed E-state index contributed by atoms with van der Waals surface area (Å²) in [5.41, 5.74) is 1.46. The predicted molar refractivity (Wildman–Crippen MR) is 262 cm³/mol. The topological polar surface area (TPSA) is 187 Å². The van der Waals surface area contributed by atoms with E-state index in [9.17, 15) is 42.7 Å². The summed E-state index contributed by atoms with van der Waals surface area (Å²) >= 11 is 7.18. The molecule has 0 radical (unpaired) electrons. The SMILES string of the molecule is Cc1ncsc1-c1ccc(CNC(=O)[C@@H]2C[C@@H](O)CN2C(=O)[C@@H](NC(=O)COCCOCCCCCOc2ccc(N3C(=S)N(c4ccc(C#N)c(C(F)(F)F)c4)C(=O)C3(C)C)cc2)C(C)(C)C)cc1. The molecule has 6 rings (SSSR count). The Kier molecular flexibility index (Phi) is 17.4. The quantitative estimate of drug-likeness (QED) is 0.0593. The number of aliphatic hydroxyl groups excluding tert-OH is 1. The number of carbonyl (C=O) groups is 4. The fourth-order valence-electron chi connectivity index (χ4n) is 8.19. The van der Waals surface area contributed by atoms with E-state index < -0.39 is 70.1 Å². The number of alkyl halides is 3. The predicted octanol–water partition coefficient (Wildman–Crippen LogP) is 7.32. The second-order valence-corrected chi connectivity index (χ2v) is 19.9. The van der Waals surface area contributed by atoms with Gasteiger partial charge in [0.2, 0.25) is 17.7 Å². The van der Waals surface area contributed by atoms with E-state index in [0.29, 0.717) is 24.7 Å². The van der Waals surface area contributed by atoms with E-state index in [1.165, 1.54) is 11.0 Å². The number of nitriles is 1. The lowest BCUT2D eigenvalue weighted by molar-refractivity contribution is -0.144. The second-order valence-electron chi connectivity index (χ2n) is 18.7. The number of unbranched alkanes of at least 4 members (excludes halogenated alkanes) is 2. The standard InChI is InChI=1S/C50H58F3N7O8S2/c1-31-42(70-30-56-31)33-12-10-32(11-13-33)27-55-44(63)40-25-37(61)28-58(40)45(64)43(48(2,3)4)57-41(62)29-67-23-22-66-20-8-7-9-21-68-38-18-16-35(17-19-38)60-47(69)59(46(65)49(60,5)6)36-15-14-34(26-54)39(24-36)50(51,52)53/h10-19,24,30,37,40,43,61H,7-9,20-23,25,27-29H2,1-6H3,(H,55,63)(H,57,62)/t37-,40+,43-/m1/s1. The van der Waals surface area contributed by atoms with E-state index in [4.69, 9.17) is 26.4 Å². The van der Waals surface area contributed by atoms with Gasteiger partial charge in [0, 0.05) is 31.8 Å². The zero-order valence-corrected chi connectivity index (χ0v) is 41.6. The fraction of sp³-hybridized carbons (Fsp3) is 0.460. The van der Waals surface area contributed by atoms with Crippen LogP contribution in [-0.4, -0.2) is 107 Å². The number of thiazole rings is 1. The highest BCUT2D eigenvalue weighted by Crippen LogP contribution is 2.40. The van der Waals surface area contributed by atoms with E-state index in [0.717, 1.165) is 58.0 Å². The van der Waals surface area contributed by atoms with Gasteiger partial charge in [0.05, 0.1) is 64.9 Å². The van der Waals surface area contributed by atoms with Crippen molar-refractivity contribution in [2.75, 3.05) is 49.4 Å². The van der Waals surface area contributed by atoms with Gasteiger partial charge in [-0.05, 0) is 111 Å². The van der Waals surface area contributed by atoms with Crippen LogP contribution in [0.4, 0.5) is 24.5 Å². The fourth-order valence-corrected chi connectivity index (χ4v) is 9.53. The molecule has 0 unspecified atom stereocenters. The molecule has 0 aliphatic carbocycles. The Morgan fingerprint density at radius 2 is 1.64 bits per heavy atom. The van der Waals surface area contributed by atoms with Crippen LogP contribution in [0.2, 0.25) is 0 Å². The van der Waals surface area contributed by atoms with Crippen molar-refractivity contribution in [1.82, 2.24) is 20.5 Å². The number of nitrogens with zero attached hydrogens (tertiary/aromatic N) is 5. The molecule has 3 atom stereocenters. The van der Waals surface area contributed by atoms with E-state index >= 15 is 0 Å². The molecule has 4 aromatic rings. The van der Waals surface area contributed by atoms with E-state index in [1.54, 1.807) is 65.9 Å². The molecule has 2 aliphatic heterocycles. The number of thiocarbonyl (C=S) groups is 1. The molecule has 70 heavy (non-hydrogen) atoms. The Labute approximate surface area is 414 Å². The Morgan fingerprint density at radius 3 is 2.29 bits per heavy atom. The minimum absolute atomic E-state index is 0.00479. The van der Waals surface area contributed by atoms with Crippen LogP contribution < -0.4 is 25.2 Å². The van der Waals surface area contributed by atoms with Crippen LogP contribution in [0.5, 0.6) is 5.75 Å². The second kappa shape index (κ2) is 22.8. The average Bonchev–Trinajstić information content (AvgIpc) is 3.98. The zero-order valence-electron chi connectivity index (χ0n) is 39.9. The Morgan fingerprint density at radius 1 is 0.971 bits per heavy atom. The van der Waals surface area contributed by atoms with Crippen molar-refractivity contribution >= 4 is 63.7 Å². The minimum atomic E-state index is -4.80. The molecule has 4 amide bonds. The number of nitrogens with one attached hydrogen (secondary N) is 2. The lowest BCUT2D eigenvalue weighted by atomic mass is 9.85. The number of amides is 4. The first-order valence-corrected chi connectivity index (χ1v) is 24.1. The van der Waals surface area contributed by atoms with Crippen molar-refractivity contribution in [3.05, 3.63) is 94.6 Å². The van der Waals surface area contributed by atoms with Gasteiger partial charge in [0.1, 0.15) is 30.0 Å². The van der Waals surface area contributed by atoms with Crippen molar-refractivity contribution in [3.8, 4) is 22.3 Å². The van der Waals surface area contributed by atoms with Crippen molar-refractivity contribution in [2.24, 2.45) is 5.41 Å². The third-order valence-corrected chi connectivity index (χ3v) is 13.3. The van der Waals surface area contributed by atoms with Gasteiger partial charge in [-0.2, -0.15) is 18.4 Å². The van der Waals surface area contributed by atoms with Crippen LogP contribution in [0.25, 0.3) is 10.4 Å². The number of β-amino-alcohol motifs (C(OH)–C–C–N with tert-alkyl or cyclic N) is 1. The Hall–Kier alpha value is -5.98. The Balaban J connectivity index is 0.867. The maximum absolute atomic E-state index is 13.9. The summed E-state index contributed by atoms with van der Waals surface area (Å²) in [6.45, 7) is 11.8. The van der Waals surface area contributed by atoms with Crippen LogP contribution in [-0.2, 0) is 41.4 Å². The van der Waals surface area contributed by atoms with Gasteiger partial charge in [0.25, 0.3) is 5.91 Å². The normalized spacial score (nSPS) is 17.4. The molecular weight excluding hydrogens is 948 g/mol. The third-order valence-electron chi connectivity index (χ3n) is 12.0. The lowest BCUT2D eigenvalue weighted by Crippen LogP contribution is -2.58. The number of ether oxygens (including phenoxy) is 3. The highest BCUT2D eigenvalue weighted by atomic mass is 32.1. The maximum Gasteiger partial charge on any atom is 0.417 e. The molecule has 3 N–H and O–H groups in total. The van der Waals surface area contributed by atoms with Crippen molar-refractivity contribution in [1.29, 1.82) is 5.26 Å². The highest BCUT2D eigenvalue weighted by molar-refractivity contribution is 7.81.